The van der Waals surface area contributed by atoms with E-state index in [0.717, 1.165) is 10.5 Å². The van der Waals surface area contributed by atoms with Crippen LogP contribution in [0.5, 0.6) is 5.75 Å². The fourth-order valence-corrected chi connectivity index (χ4v) is 7.77. The SMILES string of the molecule is CCN1CCN(C(=O)NC(C(=O)C[C@@H]2C(=O)N3C(C(=O)OCc4ccc(OC)cc4)=C(CCl)CS[C@H]23)c2csc(C)n2)C(=O)C1=O. The third kappa shape index (κ3) is 6.62. The largest absolute Gasteiger partial charge is 0.497 e. The number of nitrogens with one attached hydrogen (secondary N) is 1. The molecule has 1 aromatic carbocycles. The quantitative estimate of drug-likeness (QED) is 0.161. The standard InChI is InChI=1S/C30H32ClN5O8S2/c1-4-34-9-10-35(27(40)26(34)39)30(42)33-23(21-15-45-16(2)32-21)22(37)11-20-25(38)36-24(18(12-31)14-46-28(20)36)29(41)44-13-17-5-7-19(43-3)8-6-17/h5-8,15,20,23,28H,4,9-14H2,1-3H3,(H,33,42)/t20-,23?,28-/m1/s1. The number of carbonyl (C=O) groups excluding carboxylic acids is 6. The first-order chi connectivity index (χ1) is 22.1. The molecule has 2 saturated heterocycles. The predicted molar refractivity (Wildman–Crippen MR) is 169 cm³/mol. The number of benzene rings is 1. The number of carbonyl (C=O) groups is 6. The number of aromatic nitrogens is 1. The number of methoxy groups -OCH3 is 1. The second kappa shape index (κ2) is 14.2. The van der Waals surface area contributed by atoms with Crippen LogP contribution in [0.15, 0.2) is 40.9 Å². The van der Waals surface area contributed by atoms with Gasteiger partial charge in [-0.1, -0.05) is 12.1 Å². The average molecular weight is 690 g/mol. The Morgan fingerprint density at radius 1 is 1.13 bits per heavy atom. The summed E-state index contributed by atoms with van der Waals surface area (Å²) in [5, 5.41) is 4.32. The van der Waals surface area contributed by atoms with Crippen molar-refractivity contribution in [2.45, 2.75) is 38.3 Å². The van der Waals surface area contributed by atoms with Gasteiger partial charge in [-0.15, -0.1) is 34.7 Å². The Balaban J connectivity index is 1.28. The van der Waals surface area contributed by atoms with E-state index in [1.54, 1.807) is 50.6 Å². The first-order valence-corrected chi connectivity index (χ1v) is 16.9. The lowest BCUT2D eigenvalue weighted by molar-refractivity contribution is -0.156. The number of Topliss-reactive ketones (excluding diaryl/α,β-unsaturated/α-hetero) is 1. The van der Waals surface area contributed by atoms with E-state index < -0.39 is 52.8 Å². The molecule has 3 aliphatic rings. The van der Waals surface area contributed by atoms with Crippen molar-refractivity contribution in [2.75, 3.05) is 38.4 Å². The minimum absolute atomic E-state index is 0.0189. The molecule has 4 heterocycles. The van der Waals surface area contributed by atoms with Crippen molar-refractivity contribution in [1.29, 1.82) is 0 Å². The predicted octanol–water partition coefficient (Wildman–Crippen LogP) is 2.63. The third-order valence-corrected chi connectivity index (χ3v) is 10.4. The van der Waals surface area contributed by atoms with Crippen LogP contribution < -0.4 is 10.1 Å². The molecule has 2 aromatic rings. The molecule has 3 aliphatic heterocycles. The lowest BCUT2D eigenvalue weighted by Gasteiger charge is -2.49. The molecule has 3 atom stereocenters. The van der Waals surface area contributed by atoms with Gasteiger partial charge in [0.05, 0.1) is 29.1 Å². The highest BCUT2D eigenvalue weighted by atomic mass is 35.5. The van der Waals surface area contributed by atoms with Crippen LogP contribution in [0.25, 0.3) is 0 Å². The highest BCUT2D eigenvalue weighted by Crippen LogP contribution is 2.46. The molecule has 5 amide bonds. The van der Waals surface area contributed by atoms with Gasteiger partial charge in [0.25, 0.3) is 0 Å². The van der Waals surface area contributed by atoms with E-state index in [-0.39, 0.29) is 43.4 Å². The smallest absolute Gasteiger partial charge is 0.355 e. The van der Waals surface area contributed by atoms with Crippen molar-refractivity contribution in [3.05, 3.63) is 57.2 Å². The van der Waals surface area contributed by atoms with Gasteiger partial charge in [0.15, 0.2) is 5.78 Å². The molecule has 1 unspecified atom stereocenters. The molecule has 0 radical (unpaired) electrons. The van der Waals surface area contributed by atoms with Gasteiger partial charge in [-0.3, -0.25) is 29.0 Å². The van der Waals surface area contributed by atoms with Crippen LogP contribution in [-0.4, -0.2) is 98.9 Å². The van der Waals surface area contributed by atoms with Gasteiger partial charge in [-0.2, -0.15) is 0 Å². The fourth-order valence-electron chi connectivity index (χ4n) is 5.39. The second-order valence-electron chi connectivity index (χ2n) is 10.7. The number of likely N-dealkylation sites (N-methyl/N-ethyl adjacent to an activating group) is 1. The van der Waals surface area contributed by atoms with Crippen LogP contribution in [0.2, 0.25) is 0 Å². The molecular formula is C30H32ClN5O8S2. The number of thiazole rings is 1. The number of urea groups is 1. The van der Waals surface area contributed by atoms with E-state index in [2.05, 4.69) is 10.3 Å². The summed E-state index contributed by atoms with van der Waals surface area (Å²) >= 11 is 8.81. The van der Waals surface area contributed by atoms with Gasteiger partial charge in [-0.05, 0) is 37.1 Å². The number of amides is 5. The van der Waals surface area contributed by atoms with Crippen molar-refractivity contribution >= 4 is 70.2 Å². The summed E-state index contributed by atoms with van der Waals surface area (Å²) in [6.07, 6.45) is -0.255. The number of thioether (sulfide) groups is 1. The maximum atomic E-state index is 13.7. The molecule has 0 aliphatic carbocycles. The molecular weight excluding hydrogens is 658 g/mol. The lowest BCUT2D eigenvalue weighted by atomic mass is 9.88. The Hall–Kier alpha value is -3.95. The number of alkyl halides is 1. The van der Waals surface area contributed by atoms with Crippen LogP contribution >= 0.6 is 34.7 Å². The first kappa shape index (κ1) is 33.4. The lowest BCUT2D eigenvalue weighted by Crippen LogP contribution is -2.62. The topological polar surface area (TPSA) is 156 Å². The summed E-state index contributed by atoms with van der Waals surface area (Å²) in [6.45, 7) is 3.92. The zero-order chi connectivity index (χ0) is 33.1. The molecule has 1 aromatic heterocycles. The third-order valence-electron chi connectivity index (χ3n) is 7.92. The van der Waals surface area contributed by atoms with Crippen molar-refractivity contribution in [1.82, 2.24) is 25.0 Å². The molecule has 244 valence electrons. The molecule has 1 N–H and O–H groups in total. The van der Waals surface area contributed by atoms with Gasteiger partial charge in [-0.25, -0.2) is 14.6 Å². The van der Waals surface area contributed by atoms with Crippen LogP contribution in [0.1, 0.15) is 35.7 Å². The van der Waals surface area contributed by atoms with E-state index in [0.29, 0.717) is 28.6 Å². The molecule has 0 spiro atoms. The summed E-state index contributed by atoms with van der Waals surface area (Å²) < 4.78 is 10.7. The normalized spacial score (nSPS) is 20.3. The summed E-state index contributed by atoms with van der Waals surface area (Å²) in [6, 6.07) is 4.85. The molecule has 0 saturated carbocycles. The van der Waals surface area contributed by atoms with E-state index in [1.165, 1.54) is 32.9 Å². The Bertz CT molecular complexity index is 1600. The Kier molecular flexibility index (Phi) is 10.3. The second-order valence-corrected chi connectivity index (χ2v) is 13.1. The molecule has 0 bridgehead atoms. The molecule has 46 heavy (non-hydrogen) atoms. The fraction of sp³-hybridized carbons (Fsp3) is 0.433. The number of ether oxygens (including phenoxy) is 2. The van der Waals surface area contributed by atoms with Crippen LogP contribution in [0, 0.1) is 12.8 Å². The van der Waals surface area contributed by atoms with Crippen LogP contribution in [0.3, 0.4) is 0 Å². The number of halogens is 1. The summed E-state index contributed by atoms with van der Waals surface area (Å²) in [7, 11) is 1.55. The highest BCUT2D eigenvalue weighted by Gasteiger charge is 2.54. The number of fused-ring (bicyclic) bond motifs is 1. The zero-order valence-electron chi connectivity index (χ0n) is 25.3. The van der Waals surface area contributed by atoms with Gasteiger partial charge in [0.1, 0.15) is 24.1 Å². The Labute approximate surface area is 278 Å². The zero-order valence-corrected chi connectivity index (χ0v) is 27.7. The Morgan fingerprint density at radius 2 is 1.87 bits per heavy atom. The summed E-state index contributed by atoms with van der Waals surface area (Å²) in [4.78, 5) is 86.4. The van der Waals surface area contributed by atoms with Crippen LogP contribution in [-0.2, 0) is 35.3 Å². The maximum Gasteiger partial charge on any atom is 0.355 e. The van der Waals surface area contributed by atoms with Crippen molar-refractivity contribution in [2.24, 2.45) is 5.92 Å². The van der Waals surface area contributed by atoms with E-state index in [1.807, 2.05) is 0 Å². The number of aryl methyl sites for hydroxylation is 1. The minimum atomic E-state index is -1.26. The van der Waals surface area contributed by atoms with E-state index in [4.69, 9.17) is 21.1 Å². The van der Waals surface area contributed by atoms with Gasteiger partial charge < -0.3 is 19.7 Å². The van der Waals surface area contributed by atoms with Crippen molar-refractivity contribution in [3.8, 4) is 5.75 Å². The van der Waals surface area contributed by atoms with E-state index >= 15 is 0 Å². The van der Waals surface area contributed by atoms with Crippen molar-refractivity contribution in [3.63, 3.8) is 0 Å². The number of piperazine rings is 1. The maximum absolute atomic E-state index is 13.7. The number of rotatable bonds is 11. The molecule has 2 fully saturated rings. The minimum Gasteiger partial charge on any atom is -0.497 e. The molecule has 16 heteroatoms. The Morgan fingerprint density at radius 3 is 2.50 bits per heavy atom. The van der Waals surface area contributed by atoms with Gasteiger partial charge >= 0.3 is 23.8 Å². The number of nitrogens with zero attached hydrogens (tertiary/aromatic N) is 4. The highest BCUT2D eigenvalue weighted by molar-refractivity contribution is 8.00. The van der Waals surface area contributed by atoms with Crippen molar-refractivity contribution < 1.29 is 38.2 Å². The van der Waals surface area contributed by atoms with Gasteiger partial charge in [0.2, 0.25) is 5.91 Å². The number of ketones is 1. The summed E-state index contributed by atoms with van der Waals surface area (Å²) in [5.74, 6) is -3.16. The molecule has 13 nitrogen and oxygen atoms in total. The van der Waals surface area contributed by atoms with Crippen LogP contribution in [0.4, 0.5) is 4.79 Å². The number of hydrogen-bond acceptors (Lipinski definition) is 11. The first-order valence-electron chi connectivity index (χ1n) is 14.5. The number of β-lactam (4-membered cyclic amide) rings is 1. The molecule has 5 rings (SSSR count). The summed E-state index contributed by atoms with van der Waals surface area (Å²) in [5.41, 5.74) is 1.62. The number of hydrogen-bond donors (Lipinski definition) is 1. The average Bonchev–Trinajstić information content (AvgIpc) is 3.50. The van der Waals surface area contributed by atoms with E-state index in [9.17, 15) is 28.8 Å². The monoisotopic (exact) mass is 689 g/mol. The number of imide groups is 1. The number of esters is 1. The van der Waals surface area contributed by atoms with Gasteiger partial charge in [0, 0.05) is 43.1 Å².